The molecular weight excluding hydrogens is 380 g/mol. The topological polar surface area (TPSA) is 97.0 Å². The number of anilines is 1. The number of H-pyrrole nitrogens is 1. The Kier molecular flexibility index (Phi) is 5.14. The SMILES string of the molecule is c1ccc(Oc2ccc(Oc3ncnc4[nH]nc(NC5CCCNC5)c34)cc2)cc1. The Labute approximate surface area is 173 Å². The van der Waals surface area contributed by atoms with E-state index >= 15 is 0 Å². The van der Waals surface area contributed by atoms with Gasteiger partial charge in [-0.15, -0.1) is 0 Å². The van der Waals surface area contributed by atoms with E-state index in [0.717, 1.165) is 42.8 Å². The predicted molar refractivity (Wildman–Crippen MR) is 114 cm³/mol. The zero-order valence-corrected chi connectivity index (χ0v) is 16.3. The molecule has 0 spiro atoms. The molecule has 8 heteroatoms. The molecule has 0 saturated carbocycles. The smallest absolute Gasteiger partial charge is 0.235 e. The molecule has 1 fully saturated rings. The fourth-order valence-electron chi connectivity index (χ4n) is 3.49. The van der Waals surface area contributed by atoms with Crippen molar-refractivity contribution in [2.75, 3.05) is 18.4 Å². The zero-order valence-electron chi connectivity index (χ0n) is 16.3. The first kappa shape index (κ1) is 18.4. The van der Waals surface area contributed by atoms with Crippen molar-refractivity contribution in [3.8, 4) is 23.1 Å². The molecule has 8 nitrogen and oxygen atoms in total. The van der Waals surface area contributed by atoms with Crippen molar-refractivity contribution in [2.24, 2.45) is 0 Å². The number of benzene rings is 2. The molecule has 0 amide bonds. The lowest BCUT2D eigenvalue weighted by Crippen LogP contribution is -2.38. The van der Waals surface area contributed by atoms with Gasteiger partial charge in [-0.1, -0.05) is 18.2 Å². The average Bonchev–Trinajstić information content (AvgIpc) is 3.20. The molecule has 1 aliphatic heterocycles. The summed E-state index contributed by atoms with van der Waals surface area (Å²) in [5.41, 5.74) is 0.635. The summed E-state index contributed by atoms with van der Waals surface area (Å²) >= 11 is 0. The Morgan fingerprint density at radius 1 is 0.900 bits per heavy atom. The Morgan fingerprint density at radius 3 is 2.43 bits per heavy atom. The van der Waals surface area contributed by atoms with Gasteiger partial charge in [-0.05, 0) is 55.8 Å². The Morgan fingerprint density at radius 2 is 1.67 bits per heavy atom. The average molecular weight is 402 g/mol. The quantitative estimate of drug-likeness (QED) is 0.447. The summed E-state index contributed by atoms with van der Waals surface area (Å²) in [5.74, 6) is 3.34. The molecule has 1 saturated heterocycles. The molecule has 1 unspecified atom stereocenters. The maximum Gasteiger partial charge on any atom is 0.235 e. The van der Waals surface area contributed by atoms with Crippen LogP contribution < -0.4 is 20.1 Å². The van der Waals surface area contributed by atoms with Gasteiger partial charge in [0, 0.05) is 12.6 Å². The number of piperidine rings is 1. The molecule has 2 aromatic carbocycles. The van der Waals surface area contributed by atoms with Gasteiger partial charge in [0.1, 0.15) is 29.0 Å². The molecule has 2 aromatic heterocycles. The van der Waals surface area contributed by atoms with E-state index in [4.69, 9.17) is 9.47 Å². The first-order valence-corrected chi connectivity index (χ1v) is 10.0. The van der Waals surface area contributed by atoms with Gasteiger partial charge in [0.2, 0.25) is 5.88 Å². The highest BCUT2D eigenvalue weighted by Crippen LogP contribution is 2.32. The largest absolute Gasteiger partial charge is 0.457 e. The van der Waals surface area contributed by atoms with E-state index < -0.39 is 0 Å². The normalized spacial score (nSPS) is 16.3. The summed E-state index contributed by atoms with van der Waals surface area (Å²) in [7, 11) is 0. The number of nitrogens with one attached hydrogen (secondary N) is 3. The van der Waals surface area contributed by atoms with Crippen LogP contribution in [0.1, 0.15) is 12.8 Å². The number of fused-ring (bicyclic) bond motifs is 1. The minimum atomic E-state index is 0.313. The Hall–Kier alpha value is -3.65. The second kappa shape index (κ2) is 8.38. The standard InChI is InChI=1S/C22H22N6O2/c1-2-6-16(7-3-1)29-17-8-10-18(11-9-17)30-22-19-20(24-14-25-22)27-28-21(19)26-15-5-4-12-23-13-15/h1-3,6-11,14-15,23H,4-5,12-13H2,(H2,24,25,26,27,28). The second-order valence-corrected chi connectivity index (χ2v) is 7.15. The van der Waals surface area contributed by atoms with Crippen LogP contribution >= 0.6 is 0 Å². The maximum atomic E-state index is 6.06. The molecule has 0 bridgehead atoms. The lowest BCUT2D eigenvalue weighted by Gasteiger charge is -2.23. The number of rotatable bonds is 6. The van der Waals surface area contributed by atoms with E-state index in [1.54, 1.807) is 0 Å². The van der Waals surface area contributed by atoms with Crippen LogP contribution in [0.25, 0.3) is 11.0 Å². The lowest BCUT2D eigenvalue weighted by atomic mass is 10.1. The van der Waals surface area contributed by atoms with Crippen molar-refractivity contribution in [3.63, 3.8) is 0 Å². The third-order valence-electron chi connectivity index (χ3n) is 4.98. The van der Waals surface area contributed by atoms with Gasteiger partial charge in [0.25, 0.3) is 0 Å². The lowest BCUT2D eigenvalue weighted by molar-refractivity contribution is 0.460. The van der Waals surface area contributed by atoms with Crippen LogP contribution in [0.15, 0.2) is 60.9 Å². The van der Waals surface area contributed by atoms with Crippen LogP contribution in [0.5, 0.6) is 23.1 Å². The molecule has 152 valence electrons. The van der Waals surface area contributed by atoms with Crippen molar-refractivity contribution in [3.05, 3.63) is 60.9 Å². The first-order valence-electron chi connectivity index (χ1n) is 10.0. The Balaban J connectivity index is 1.35. The van der Waals surface area contributed by atoms with Crippen LogP contribution in [0.4, 0.5) is 5.82 Å². The number of hydrogen-bond acceptors (Lipinski definition) is 7. The predicted octanol–water partition coefficient (Wildman–Crippen LogP) is 4.10. The summed E-state index contributed by atoms with van der Waals surface area (Å²) in [4.78, 5) is 8.61. The van der Waals surface area contributed by atoms with E-state index in [-0.39, 0.29) is 0 Å². The highest BCUT2D eigenvalue weighted by atomic mass is 16.5. The number of aromatic amines is 1. The van der Waals surface area contributed by atoms with Crippen LogP contribution in [0.2, 0.25) is 0 Å². The van der Waals surface area contributed by atoms with Crippen LogP contribution in [-0.2, 0) is 0 Å². The van der Waals surface area contributed by atoms with Crippen molar-refractivity contribution in [1.82, 2.24) is 25.5 Å². The van der Waals surface area contributed by atoms with E-state index in [0.29, 0.717) is 29.1 Å². The molecule has 0 radical (unpaired) electrons. The Bertz CT molecular complexity index is 1110. The summed E-state index contributed by atoms with van der Waals surface area (Å²) in [5, 5.41) is 15.0. The van der Waals surface area contributed by atoms with Gasteiger partial charge in [-0.25, -0.2) is 9.97 Å². The number of nitrogens with zero attached hydrogens (tertiary/aromatic N) is 3. The van der Waals surface area contributed by atoms with E-state index in [1.807, 2.05) is 54.6 Å². The molecule has 4 aromatic rings. The van der Waals surface area contributed by atoms with E-state index in [9.17, 15) is 0 Å². The van der Waals surface area contributed by atoms with Crippen molar-refractivity contribution in [2.45, 2.75) is 18.9 Å². The van der Waals surface area contributed by atoms with E-state index in [1.165, 1.54) is 6.33 Å². The molecule has 3 heterocycles. The highest BCUT2D eigenvalue weighted by molar-refractivity contribution is 5.91. The monoisotopic (exact) mass is 402 g/mol. The number of aromatic nitrogens is 4. The summed E-state index contributed by atoms with van der Waals surface area (Å²) in [6.07, 6.45) is 3.69. The summed E-state index contributed by atoms with van der Waals surface area (Å²) < 4.78 is 11.9. The third kappa shape index (κ3) is 4.04. The van der Waals surface area contributed by atoms with Gasteiger partial charge in [0.05, 0.1) is 0 Å². The van der Waals surface area contributed by atoms with Crippen LogP contribution in [0.3, 0.4) is 0 Å². The van der Waals surface area contributed by atoms with Crippen LogP contribution in [-0.4, -0.2) is 39.3 Å². The summed E-state index contributed by atoms with van der Waals surface area (Å²) in [6, 6.07) is 17.4. The number of ether oxygens (including phenoxy) is 2. The number of para-hydroxylation sites is 1. The third-order valence-corrected chi connectivity index (χ3v) is 4.98. The minimum absolute atomic E-state index is 0.313. The molecule has 30 heavy (non-hydrogen) atoms. The fourth-order valence-corrected chi connectivity index (χ4v) is 3.49. The van der Waals surface area contributed by atoms with Gasteiger partial charge in [0.15, 0.2) is 11.5 Å². The molecule has 3 N–H and O–H groups in total. The minimum Gasteiger partial charge on any atom is -0.457 e. The summed E-state index contributed by atoms with van der Waals surface area (Å²) in [6.45, 7) is 1.96. The molecule has 0 aliphatic carbocycles. The van der Waals surface area contributed by atoms with Gasteiger partial charge >= 0.3 is 0 Å². The van der Waals surface area contributed by atoms with Crippen LogP contribution in [0, 0.1) is 0 Å². The maximum absolute atomic E-state index is 6.06. The first-order chi connectivity index (χ1) is 14.8. The molecule has 1 aliphatic rings. The van der Waals surface area contributed by atoms with E-state index in [2.05, 4.69) is 30.8 Å². The highest BCUT2D eigenvalue weighted by Gasteiger charge is 2.19. The molecule has 5 rings (SSSR count). The van der Waals surface area contributed by atoms with Crippen molar-refractivity contribution >= 4 is 16.9 Å². The number of hydrogen-bond donors (Lipinski definition) is 3. The van der Waals surface area contributed by atoms with Gasteiger partial charge in [-0.3, -0.25) is 5.10 Å². The van der Waals surface area contributed by atoms with Gasteiger partial charge in [-0.2, -0.15) is 5.10 Å². The zero-order chi connectivity index (χ0) is 20.2. The van der Waals surface area contributed by atoms with Crippen molar-refractivity contribution in [1.29, 1.82) is 0 Å². The molecule has 1 atom stereocenters. The molecular formula is C22H22N6O2. The second-order valence-electron chi connectivity index (χ2n) is 7.15. The van der Waals surface area contributed by atoms with Gasteiger partial charge < -0.3 is 20.1 Å². The fraction of sp³-hybridized carbons (Fsp3) is 0.227. The van der Waals surface area contributed by atoms with Crippen molar-refractivity contribution < 1.29 is 9.47 Å².